The smallest absolute Gasteiger partial charge is 0.243 e. The molecular weight excluding hydrogens is 386 g/mol. The molecule has 8 heteroatoms. The third kappa shape index (κ3) is 5.95. The standard InChI is InChI=1S/C19H25N3O3S.ClH/c1-4-22(5-2)26(24,25)18-13-17(12-11-15(18)3)21-19(23)14-20-16-9-7-6-8-10-16;/h6-13,20H,4-5,14H2,1-3H3,(H,21,23);1H. The van der Waals surface area contributed by atoms with Crippen LogP contribution in [0.5, 0.6) is 0 Å². The molecule has 0 saturated carbocycles. The molecule has 0 saturated heterocycles. The normalized spacial score (nSPS) is 11.0. The highest BCUT2D eigenvalue weighted by molar-refractivity contribution is 7.89. The Morgan fingerprint density at radius 1 is 1.00 bits per heavy atom. The molecule has 0 aliphatic heterocycles. The molecule has 6 nitrogen and oxygen atoms in total. The fourth-order valence-electron chi connectivity index (χ4n) is 2.60. The zero-order chi connectivity index (χ0) is 19.2. The maximum Gasteiger partial charge on any atom is 0.243 e. The minimum atomic E-state index is -3.58. The molecule has 148 valence electrons. The van der Waals surface area contributed by atoms with Crippen molar-refractivity contribution in [2.24, 2.45) is 0 Å². The Labute approximate surface area is 167 Å². The number of hydrogen-bond acceptors (Lipinski definition) is 4. The van der Waals surface area contributed by atoms with Gasteiger partial charge in [-0.05, 0) is 36.8 Å². The van der Waals surface area contributed by atoms with Gasteiger partial charge in [0.05, 0.1) is 11.4 Å². The molecule has 0 radical (unpaired) electrons. The summed E-state index contributed by atoms with van der Waals surface area (Å²) in [5.41, 5.74) is 1.95. The number of aryl methyl sites for hydroxylation is 1. The van der Waals surface area contributed by atoms with Crippen LogP contribution in [0.1, 0.15) is 19.4 Å². The van der Waals surface area contributed by atoms with Crippen molar-refractivity contribution in [2.45, 2.75) is 25.7 Å². The van der Waals surface area contributed by atoms with Crippen LogP contribution in [0, 0.1) is 6.92 Å². The van der Waals surface area contributed by atoms with E-state index in [1.54, 1.807) is 32.9 Å². The van der Waals surface area contributed by atoms with E-state index in [4.69, 9.17) is 0 Å². The Hall–Kier alpha value is -2.09. The highest BCUT2D eigenvalue weighted by atomic mass is 35.5. The monoisotopic (exact) mass is 411 g/mol. The average molecular weight is 412 g/mol. The molecule has 27 heavy (non-hydrogen) atoms. The largest absolute Gasteiger partial charge is 0.376 e. The summed E-state index contributed by atoms with van der Waals surface area (Å²) in [5.74, 6) is -0.246. The van der Waals surface area contributed by atoms with Crippen molar-refractivity contribution in [1.82, 2.24) is 4.31 Å². The van der Waals surface area contributed by atoms with E-state index < -0.39 is 10.0 Å². The predicted molar refractivity (Wildman–Crippen MR) is 112 cm³/mol. The number of nitrogens with zero attached hydrogens (tertiary/aromatic N) is 1. The van der Waals surface area contributed by atoms with Crippen LogP contribution in [0.15, 0.2) is 53.4 Å². The molecule has 2 rings (SSSR count). The van der Waals surface area contributed by atoms with Gasteiger partial charge < -0.3 is 10.6 Å². The zero-order valence-corrected chi connectivity index (χ0v) is 17.4. The molecule has 0 unspecified atom stereocenters. The molecule has 0 aromatic heterocycles. The molecule has 1 amide bonds. The van der Waals surface area contributed by atoms with Gasteiger partial charge in [0.15, 0.2) is 0 Å². The van der Waals surface area contributed by atoms with Gasteiger partial charge in [-0.15, -0.1) is 12.4 Å². The van der Waals surface area contributed by atoms with Gasteiger partial charge >= 0.3 is 0 Å². The first-order valence-corrected chi connectivity index (χ1v) is 10.0. The van der Waals surface area contributed by atoms with E-state index in [-0.39, 0.29) is 29.8 Å². The molecule has 2 aromatic rings. The van der Waals surface area contributed by atoms with E-state index in [9.17, 15) is 13.2 Å². The predicted octanol–water partition coefficient (Wildman–Crippen LogP) is 3.50. The van der Waals surface area contributed by atoms with Gasteiger partial charge in [-0.1, -0.05) is 38.1 Å². The van der Waals surface area contributed by atoms with Crippen LogP contribution in [0.3, 0.4) is 0 Å². The molecule has 0 fully saturated rings. The summed E-state index contributed by atoms with van der Waals surface area (Å²) in [6.45, 7) is 6.25. The number of amides is 1. The number of benzene rings is 2. The van der Waals surface area contributed by atoms with Crippen LogP contribution in [-0.2, 0) is 14.8 Å². The maximum atomic E-state index is 12.8. The lowest BCUT2D eigenvalue weighted by Gasteiger charge is -2.20. The van der Waals surface area contributed by atoms with Crippen molar-refractivity contribution in [3.05, 3.63) is 54.1 Å². The van der Waals surface area contributed by atoms with Crippen LogP contribution in [0.25, 0.3) is 0 Å². The second kappa shape index (κ2) is 10.3. The Bertz CT molecular complexity index is 854. The lowest BCUT2D eigenvalue weighted by molar-refractivity contribution is -0.114. The zero-order valence-electron chi connectivity index (χ0n) is 15.7. The Balaban J connectivity index is 0.00000364. The van der Waals surface area contributed by atoms with Gasteiger partial charge in [0.2, 0.25) is 15.9 Å². The van der Waals surface area contributed by atoms with Gasteiger partial charge in [0, 0.05) is 24.5 Å². The SMILES string of the molecule is CCN(CC)S(=O)(=O)c1cc(NC(=O)CNc2ccccc2)ccc1C.Cl. The van der Waals surface area contributed by atoms with Gasteiger partial charge in [0.1, 0.15) is 0 Å². The minimum absolute atomic E-state index is 0. The Morgan fingerprint density at radius 2 is 1.63 bits per heavy atom. The maximum absolute atomic E-state index is 12.8. The van der Waals surface area contributed by atoms with Gasteiger partial charge in [-0.25, -0.2) is 8.42 Å². The number of carbonyl (C=O) groups is 1. The molecular formula is C19H26ClN3O3S. The van der Waals surface area contributed by atoms with Crippen LogP contribution in [0.4, 0.5) is 11.4 Å². The van der Waals surface area contributed by atoms with E-state index in [2.05, 4.69) is 10.6 Å². The highest BCUT2D eigenvalue weighted by Crippen LogP contribution is 2.23. The van der Waals surface area contributed by atoms with E-state index in [1.165, 1.54) is 10.4 Å². The molecule has 0 bridgehead atoms. The first-order chi connectivity index (χ1) is 12.4. The van der Waals surface area contributed by atoms with Crippen molar-refractivity contribution in [3.63, 3.8) is 0 Å². The van der Waals surface area contributed by atoms with Crippen molar-refractivity contribution in [1.29, 1.82) is 0 Å². The first-order valence-electron chi connectivity index (χ1n) is 8.58. The second-order valence-corrected chi connectivity index (χ2v) is 7.74. The van der Waals surface area contributed by atoms with Crippen LogP contribution in [0.2, 0.25) is 0 Å². The number of anilines is 2. The van der Waals surface area contributed by atoms with E-state index >= 15 is 0 Å². The number of halogens is 1. The number of hydrogen-bond donors (Lipinski definition) is 2. The molecule has 0 aliphatic rings. The molecule has 2 N–H and O–H groups in total. The third-order valence-electron chi connectivity index (χ3n) is 4.02. The average Bonchev–Trinajstić information content (AvgIpc) is 2.63. The highest BCUT2D eigenvalue weighted by Gasteiger charge is 2.24. The van der Waals surface area contributed by atoms with Gasteiger partial charge in [0.25, 0.3) is 0 Å². The van der Waals surface area contributed by atoms with Crippen molar-refractivity contribution >= 4 is 39.7 Å². The van der Waals surface area contributed by atoms with Gasteiger partial charge in [-0.3, -0.25) is 4.79 Å². The number of carbonyl (C=O) groups excluding carboxylic acids is 1. The van der Waals surface area contributed by atoms with Crippen LogP contribution in [-0.4, -0.2) is 38.3 Å². The number of para-hydroxylation sites is 1. The van der Waals surface area contributed by atoms with E-state index in [0.717, 1.165) is 5.69 Å². The Morgan fingerprint density at radius 3 is 2.22 bits per heavy atom. The summed E-state index contributed by atoms with van der Waals surface area (Å²) in [7, 11) is -3.58. The van der Waals surface area contributed by atoms with Crippen molar-refractivity contribution < 1.29 is 13.2 Å². The fraction of sp³-hybridized carbons (Fsp3) is 0.316. The fourth-order valence-corrected chi connectivity index (χ4v) is 4.31. The first kappa shape index (κ1) is 23.0. The topological polar surface area (TPSA) is 78.5 Å². The Kier molecular flexibility index (Phi) is 8.75. The minimum Gasteiger partial charge on any atom is -0.376 e. The lowest BCUT2D eigenvalue weighted by Crippen LogP contribution is -2.31. The lowest BCUT2D eigenvalue weighted by atomic mass is 10.2. The van der Waals surface area contributed by atoms with Gasteiger partial charge in [-0.2, -0.15) is 4.31 Å². The number of sulfonamides is 1. The molecule has 0 heterocycles. The summed E-state index contributed by atoms with van der Waals surface area (Å²) in [6.07, 6.45) is 0. The summed E-state index contributed by atoms with van der Waals surface area (Å²) < 4.78 is 26.9. The van der Waals surface area contributed by atoms with Crippen LogP contribution < -0.4 is 10.6 Å². The molecule has 0 spiro atoms. The van der Waals surface area contributed by atoms with Crippen molar-refractivity contribution in [3.8, 4) is 0 Å². The summed E-state index contributed by atoms with van der Waals surface area (Å²) >= 11 is 0. The summed E-state index contributed by atoms with van der Waals surface area (Å²) in [6, 6.07) is 14.3. The van der Waals surface area contributed by atoms with Crippen LogP contribution >= 0.6 is 12.4 Å². The van der Waals surface area contributed by atoms with Crippen molar-refractivity contribution in [2.75, 3.05) is 30.3 Å². The van der Waals surface area contributed by atoms with E-state index in [1.807, 2.05) is 30.3 Å². The third-order valence-corrected chi connectivity index (χ3v) is 6.21. The molecule has 0 atom stereocenters. The van der Waals surface area contributed by atoms with E-state index in [0.29, 0.717) is 24.3 Å². The molecule has 2 aromatic carbocycles. The second-order valence-electron chi connectivity index (χ2n) is 5.84. The summed E-state index contributed by atoms with van der Waals surface area (Å²) in [5, 5.41) is 5.76. The quantitative estimate of drug-likeness (QED) is 0.696. The number of nitrogens with one attached hydrogen (secondary N) is 2. The number of rotatable bonds is 8. The summed E-state index contributed by atoms with van der Waals surface area (Å²) in [4.78, 5) is 12.4. The molecule has 0 aliphatic carbocycles.